The average Bonchev–Trinajstić information content (AvgIpc) is 3.13. The number of aryl methyl sites for hydroxylation is 2. The molecule has 148 valence electrons. The number of anilines is 2. The molecule has 0 saturated carbocycles. The van der Waals surface area contributed by atoms with E-state index in [1.165, 1.54) is 27.8 Å². The Hall–Kier alpha value is -2.22. The summed E-state index contributed by atoms with van der Waals surface area (Å²) in [6.45, 7) is 7.16. The van der Waals surface area contributed by atoms with Crippen molar-refractivity contribution < 1.29 is 4.74 Å². The Labute approximate surface area is 169 Å². The van der Waals surface area contributed by atoms with Gasteiger partial charge in [-0.2, -0.15) is 0 Å². The largest absolute Gasteiger partial charge is 0.378 e. The van der Waals surface area contributed by atoms with E-state index in [1.54, 1.807) is 0 Å². The highest BCUT2D eigenvalue weighted by atomic mass is 32.1. The predicted molar refractivity (Wildman–Crippen MR) is 116 cm³/mol. The van der Waals surface area contributed by atoms with Gasteiger partial charge in [-0.15, -0.1) is 11.3 Å². The minimum Gasteiger partial charge on any atom is -0.378 e. The van der Waals surface area contributed by atoms with E-state index >= 15 is 0 Å². The van der Waals surface area contributed by atoms with Crippen LogP contribution >= 0.6 is 11.3 Å². The van der Waals surface area contributed by atoms with Gasteiger partial charge in [0.2, 0.25) is 0 Å². The Morgan fingerprint density at radius 1 is 1.21 bits per heavy atom. The summed E-state index contributed by atoms with van der Waals surface area (Å²) in [7, 11) is 0. The Morgan fingerprint density at radius 2 is 2.07 bits per heavy atom. The first-order valence-corrected chi connectivity index (χ1v) is 10.7. The minimum atomic E-state index is 0.649. The normalized spacial score (nSPS) is 14.7. The summed E-state index contributed by atoms with van der Waals surface area (Å²) in [6.07, 6.45) is 1.99. The molecule has 1 aliphatic heterocycles. The molecule has 0 bridgehead atoms. The van der Waals surface area contributed by atoms with Gasteiger partial charge in [0, 0.05) is 36.0 Å². The standard InChI is InChI=1S/C21H27N5OS/c1-15-4-5-16-12-17(13-23-6-2-3-18-14-28-21(22)24-18)20(25-19(16)11-15)26-7-9-27-10-8-26/h4-5,11-12,14,23H,2-3,6-10,13H2,1H3,(H2,22,24). The van der Waals surface area contributed by atoms with Crippen LogP contribution in [0.15, 0.2) is 29.6 Å². The number of rotatable bonds is 7. The highest BCUT2D eigenvalue weighted by Crippen LogP contribution is 2.25. The van der Waals surface area contributed by atoms with Crippen molar-refractivity contribution in [3.05, 3.63) is 46.5 Å². The van der Waals surface area contributed by atoms with Crippen molar-refractivity contribution in [1.29, 1.82) is 0 Å². The number of nitrogens with one attached hydrogen (secondary N) is 1. The molecular weight excluding hydrogens is 370 g/mol. The lowest BCUT2D eigenvalue weighted by Gasteiger charge is -2.30. The van der Waals surface area contributed by atoms with Gasteiger partial charge in [0.15, 0.2) is 5.13 Å². The van der Waals surface area contributed by atoms with Crippen molar-refractivity contribution in [1.82, 2.24) is 15.3 Å². The molecule has 1 aromatic carbocycles. The van der Waals surface area contributed by atoms with Gasteiger partial charge in [0.1, 0.15) is 5.82 Å². The number of pyridine rings is 1. The van der Waals surface area contributed by atoms with Crippen LogP contribution < -0.4 is 16.0 Å². The molecule has 2 aromatic heterocycles. The molecule has 0 atom stereocenters. The number of morpholine rings is 1. The Morgan fingerprint density at radius 3 is 2.86 bits per heavy atom. The molecule has 6 nitrogen and oxygen atoms in total. The third kappa shape index (κ3) is 4.60. The molecule has 4 rings (SSSR count). The fourth-order valence-corrected chi connectivity index (χ4v) is 4.14. The topological polar surface area (TPSA) is 76.3 Å². The lowest BCUT2D eigenvalue weighted by Crippen LogP contribution is -2.37. The third-order valence-corrected chi connectivity index (χ3v) is 5.73. The Balaban J connectivity index is 1.45. The van der Waals surface area contributed by atoms with Crippen molar-refractivity contribution in [2.24, 2.45) is 0 Å². The number of fused-ring (bicyclic) bond motifs is 1. The maximum atomic E-state index is 5.70. The monoisotopic (exact) mass is 397 g/mol. The van der Waals surface area contributed by atoms with Crippen LogP contribution in [0.4, 0.5) is 10.9 Å². The highest BCUT2D eigenvalue weighted by Gasteiger charge is 2.17. The molecule has 3 aromatic rings. The summed E-state index contributed by atoms with van der Waals surface area (Å²) in [6, 6.07) is 8.75. The Bertz CT molecular complexity index is 936. The lowest BCUT2D eigenvalue weighted by atomic mass is 10.1. The molecule has 1 aliphatic rings. The number of aromatic nitrogens is 2. The van der Waals surface area contributed by atoms with E-state index in [4.69, 9.17) is 15.5 Å². The lowest BCUT2D eigenvalue weighted by molar-refractivity contribution is 0.122. The van der Waals surface area contributed by atoms with Crippen LogP contribution in [-0.4, -0.2) is 42.8 Å². The summed E-state index contributed by atoms with van der Waals surface area (Å²) in [5.74, 6) is 1.08. The summed E-state index contributed by atoms with van der Waals surface area (Å²) in [4.78, 5) is 11.7. The van der Waals surface area contributed by atoms with Crippen molar-refractivity contribution >= 4 is 33.2 Å². The number of nitrogens with two attached hydrogens (primary N) is 1. The van der Waals surface area contributed by atoms with E-state index in [0.717, 1.165) is 69.3 Å². The first-order valence-electron chi connectivity index (χ1n) is 9.82. The number of hydrogen-bond donors (Lipinski definition) is 2. The number of nitrogen functional groups attached to an aromatic ring is 1. The zero-order chi connectivity index (χ0) is 19.3. The molecule has 1 fully saturated rings. The third-order valence-electron chi connectivity index (χ3n) is 5.01. The number of thiazole rings is 1. The summed E-state index contributed by atoms with van der Waals surface area (Å²) >= 11 is 1.51. The molecule has 0 amide bonds. The zero-order valence-corrected chi connectivity index (χ0v) is 17.1. The predicted octanol–water partition coefficient (Wildman–Crippen LogP) is 3.14. The van der Waals surface area contributed by atoms with Gasteiger partial charge in [-0.05, 0) is 44.0 Å². The number of hydrogen-bond acceptors (Lipinski definition) is 7. The second kappa shape index (κ2) is 8.86. The van der Waals surface area contributed by atoms with Crippen molar-refractivity contribution in [2.45, 2.75) is 26.3 Å². The van der Waals surface area contributed by atoms with Crippen LogP contribution in [0.1, 0.15) is 23.2 Å². The van der Waals surface area contributed by atoms with E-state index in [0.29, 0.717) is 5.13 Å². The van der Waals surface area contributed by atoms with Crippen LogP contribution in [-0.2, 0) is 17.7 Å². The quantitative estimate of drug-likeness (QED) is 0.597. The second-order valence-electron chi connectivity index (χ2n) is 7.22. The van der Waals surface area contributed by atoms with Gasteiger partial charge in [-0.25, -0.2) is 9.97 Å². The smallest absolute Gasteiger partial charge is 0.180 e. The SMILES string of the molecule is Cc1ccc2cc(CNCCCc3csc(N)n3)c(N3CCOCC3)nc2c1. The van der Waals surface area contributed by atoms with Gasteiger partial charge in [-0.3, -0.25) is 0 Å². The second-order valence-corrected chi connectivity index (χ2v) is 8.11. The highest BCUT2D eigenvalue weighted by molar-refractivity contribution is 7.13. The molecule has 3 N–H and O–H groups in total. The molecule has 7 heteroatoms. The van der Waals surface area contributed by atoms with E-state index in [-0.39, 0.29) is 0 Å². The van der Waals surface area contributed by atoms with Crippen LogP contribution in [0.3, 0.4) is 0 Å². The zero-order valence-electron chi connectivity index (χ0n) is 16.3. The van der Waals surface area contributed by atoms with Crippen LogP contribution in [0.2, 0.25) is 0 Å². The van der Waals surface area contributed by atoms with E-state index in [9.17, 15) is 0 Å². The van der Waals surface area contributed by atoms with Gasteiger partial charge >= 0.3 is 0 Å². The molecule has 28 heavy (non-hydrogen) atoms. The fraction of sp³-hybridized carbons (Fsp3) is 0.429. The first-order chi connectivity index (χ1) is 13.7. The first kappa shape index (κ1) is 19.1. The summed E-state index contributed by atoms with van der Waals surface area (Å²) in [5.41, 5.74) is 10.3. The fourth-order valence-electron chi connectivity index (χ4n) is 3.54. The maximum absolute atomic E-state index is 5.70. The molecule has 0 spiro atoms. The van der Waals surface area contributed by atoms with E-state index < -0.39 is 0 Å². The number of ether oxygens (including phenoxy) is 1. The Kier molecular flexibility index (Phi) is 6.04. The van der Waals surface area contributed by atoms with Gasteiger partial charge in [0.05, 0.1) is 24.4 Å². The number of nitrogens with zero attached hydrogens (tertiary/aromatic N) is 3. The van der Waals surface area contributed by atoms with Crippen molar-refractivity contribution in [3.63, 3.8) is 0 Å². The van der Waals surface area contributed by atoms with Crippen LogP contribution in [0.25, 0.3) is 10.9 Å². The minimum absolute atomic E-state index is 0.649. The molecule has 0 radical (unpaired) electrons. The summed E-state index contributed by atoms with van der Waals surface area (Å²) < 4.78 is 5.53. The van der Waals surface area contributed by atoms with Crippen molar-refractivity contribution in [3.8, 4) is 0 Å². The van der Waals surface area contributed by atoms with Crippen LogP contribution in [0, 0.1) is 6.92 Å². The van der Waals surface area contributed by atoms with Gasteiger partial charge in [-0.1, -0.05) is 12.1 Å². The van der Waals surface area contributed by atoms with Gasteiger partial charge < -0.3 is 20.7 Å². The molecule has 3 heterocycles. The maximum Gasteiger partial charge on any atom is 0.180 e. The average molecular weight is 398 g/mol. The summed E-state index contributed by atoms with van der Waals surface area (Å²) in [5, 5.41) is 7.46. The van der Waals surface area contributed by atoms with Crippen LogP contribution in [0.5, 0.6) is 0 Å². The molecular formula is C21H27N5OS. The molecule has 0 aliphatic carbocycles. The van der Waals surface area contributed by atoms with E-state index in [1.807, 2.05) is 5.38 Å². The van der Waals surface area contributed by atoms with E-state index in [2.05, 4.69) is 46.4 Å². The molecule has 1 saturated heterocycles. The van der Waals surface area contributed by atoms with Crippen molar-refractivity contribution in [2.75, 3.05) is 43.5 Å². The van der Waals surface area contributed by atoms with Gasteiger partial charge in [0.25, 0.3) is 0 Å². The number of benzene rings is 1. The molecule has 0 unspecified atom stereocenters.